The zero-order valence-corrected chi connectivity index (χ0v) is 6.09. The third kappa shape index (κ3) is 1.37. The van der Waals surface area contributed by atoms with Gasteiger partial charge in [-0.1, -0.05) is 0 Å². The van der Waals surface area contributed by atoms with E-state index in [0.29, 0.717) is 5.82 Å². The number of ether oxygens (including phenoxy) is 1. The zero-order chi connectivity index (χ0) is 7.56. The number of anilines is 1. The van der Waals surface area contributed by atoms with Crippen molar-refractivity contribution >= 4 is 5.82 Å². The van der Waals surface area contributed by atoms with Crippen LogP contribution < -0.4 is 10.5 Å². The Morgan fingerprint density at radius 1 is 1.50 bits per heavy atom. The average molecular weight is 138 g/mol. The summed E-state index contributed by atoms with van der Waals surface area (Å²) in [6.07, 6.45) is 0. The van der Waals surface area contributed by atoms with E-state index in [9.17, 15) is 0 Å². The lowest BCUT2D eigenvalue weighted by Crippen LogP contribution is -1.93. The summed E-state index contributed by atoms with van der Waals surface area (Å²) in [6, 6.07) is 3.52. The molecule has 0 aliphatic rings. The molecule has 0 saturated heterocycles. The van der Waals surface area contributed by atoms with Crippen LogP contribution in [0.25, 0.3) is 0 Å². The van der Waals surface area contributed by atoms with Crippen LogP contribution in [0.3, 0.4) is 0 Å². The van der Waals surface area contributed by atoms with Gasteiger partial charge in [-0.3, -0.25) is 0 Å². The molecule has 3 heteroatoms. The van der Waals surface area contributed by atoms with Gasteiger partial charge < -0.3 is 10.5 Å². The van der Waals surface area contributed by atoms with Crippen molar-refractivity contribution in [2.24, 2.45) is 0 Å². The molecule has 0 aromatic carbocycles. The van der Waals surface area contributed by atoms with Crippen LogP contribution in [-0.4, -0.2) is 12.1 Å². The molecule has 3 nitrogen and oxygen atoms in total. The largest absolute Gasteiger partial charge is 0.497 e. The van der Waals surface area contributed by atoms with Crippen molar-refractivity contribution < 1.29 is 4.74 Å². The van der Waals surface area contributed by atoms with E-state index in [1.165, 1.54) is 0 Å². The Morgan fingerprint density at radius 2 is 2.20 bits per heavy atom. The SMILES string of the molecule is COc1cc(C)nc(N)c1. The Kier molecular flexibility index (Phi) is 1.76. The number of pyridine rings is 1. The lowest BCUT2D eigenvalue weighted by atomic mass is 10.3. The Bertz CT molecular complexity index is 215. The molecular weight excluding hydrogens is 128 g/mol. The molecule has 0 radical (unpaired) electrons. The highest BCUT2D eigenvalue weighted by Crippen LogP contribution is 2.13. The smallest absolute Gasteiger partial charge is 0.127 e. The quantitative estimate of drug-likeness (QED) is 0.629. The van der Waals surface area contributed by atoms with Crippen molar-refractivity contribution in [3.05, 3.63) is 17.8 Å². The van der Waals surface area contributed by atoms with Gasteiger partial charge >= 0.3 is 0 Å². The first kappa shape index (κ1) is 6.86. The summed E-state index contributed by atoms with van der Waals surface area (Å²) in [5, 5.41) is 0. The molecule has 1 rings (SSSR count). The van der Waals surface area contributed by atoms with Crippen molar-refractivity contribution in [1.82, 2.24) is 4.98 Å². The van der Waals surface area contributed by atoms with Crippen molar-refractivity contribution in [3.63, 3.8) is 0 Å². The fraction of sp³-hybridized carbons (Fsp3) is 0.286. The van der Waals surface area contributed by atoms with Gasteiger partial charge in [0.15, 0.2) is 0 Å². The van der Waals surface area contributed by atoms with Gasteiger partial charge in [0, 0.05) is 17.8 Å². The van der Waals surface area contributed by atoms with Gasteiger partial charge in [-0.2, -0.15) is 0 Å². The monoisotopic (exact) mass is 138 g/mol. The van der Waals surface area contributed by atoms with E-state index in [1.54, 1.807) is 13.2 Å². The van der Waals surface area contributed by atoms with Crippen molar-refractivity contribution in [3.8, 4) is 5.75 Å². The van der Waals surface area contributed by atoms with Gasteiger partial charge in [0.2, 0.25) is 0 Å². The van der Waals surface area contributed by atoms with Gasteiger partial charge in [-0.15, -0.1) is 0 Å². The van der Waals surface area contributed by atoms with Gasteiger partial charge in [0.05, 0.1) is 7.11 Å². The highest BCUT2D eigenvalue weighted by atomic mass is 16.5. The molecule has 0 spiro atoms. The predicted molar refractivity (Wildman–Crippen MR) is 39.9 cm³/mol. The maximum Gasteiger partial charge on any atom is 0.127 e. The van der Waals surface area contributed by atoms with E-state index in [2.05, 4.69) is 4.98 Å². The molecular formula is C7H10N2O. The number of rotatable bonds is 1. The number of hydrogen-bond acceptors (Lipinski definition) is 3. The standard InChI is InChI=1S/C7H10N2O/c1-5-3-6(10-2)4-7(8)9-5/h3-4H,1-2H3,(H2,8,9). The Morgan fingerprint density at radius 3 is 2.70 bits per heavy atom. The van der Waals surface area contributed by atoms with E-state index >= 15 is 0 Å². The average Bonchev–Trinajstić information content (AvgIpc) is 1.85. The second kappa shape index (κ2) is 2.56. The molecule has 1 aromatic rings. The molecule has 1 aromatic heterocycles. The Balaban J connectivity index is 3.06. The van der Waals surface area contributed by atoms with E-state index in [1.807, 2.05) is 13.0 Å². The number of nitrogens with zero attached hydrogens (tertiary/aromatic N) is 1. The van der Waals surface area contributed by atoms with Crippen LogP contribution in [0.1, 0.15) is 5.69 Å². The molecule has 10 heavy (non-hydrogen) atoms. The molecule has 54 valence electrons. The first-order chi connectivity index (χ1) is 4.72. The van der Waals surface area contributed by atoms with Crippen LogP contribution >= 0.6 is 0 Å². The zero-order valence-electron chi connectivity index (χ0n) is 6.09. The summed E-state index contributed by atoms with van der Waals surface area (Å²) in [4.78, 5) is 3.98. The first-order valence-electron chi connectivity index (χ1n) is 3.00. The first-order valence-corrected chi connectivity index (χ1v) is 3.00. The van der Waals surface area contributed by atoms with Crippen LogP contribution in [0.5, 0.6) is 5.75 Å². The summed E-state index contributed by atoms with van der Waals surface area (Å²) >= 11 is 0. The lowest BCUT2D eigenvalue weighted by Gasteiger charge is -2.00. The van der Waals surface area contributed by atoms with Gasteiger partial charge in [-0.05, 0) is 6.92 Å². The minimum atomic E-state index is 0.497. The van der Waals surface area contributed by atoms with E-state index in [-0.39, 0.29) is 0 Å². The summed E-state index contributed by atoms with van der Waals surface area (Å²) < 4.78 is 4.96. The Labute approximate surface area is 59.8 Å². The molecule has 0 saturated carbocycles. The molecule has 2 N–H and O–H groups in total. The number of aromatic nitrogens is 1. The van der Waals surface area contributed by atoms with Crippen LogP contribution in [0.15, 0.2) is 12.1 Å². The van der Waals surface area contributed by atoms with Crippen molar-refractivity contribution in [2.45, 2.75) is 6.92 Å². The Hall–Kier alpha value is -1.25. The second-order valence-corrected chi connectivity index (χ2v) is 2.07. The molecule has 0 fully saturated rings. The molecule has 0 aliphatic carbocycles. The molecule has 1 heterocycles. The predicted octanol–water partition coefficient (Wildman–Crippen LogP) is 0.981. The van der Waals surface area contributed by atoms with Gasteiger partial charge in [-0.25, -0.2) is 4.98 Å². The third-order valence-corrected chi connectivity index (χ3v) is 1.18. The van der Waals surface area contributed by atoms with Crippen LogP contribution in [0.4, 0.5) is 5.82 Å². The normalized spacial score (nSPS) is 9.40. The molecule has 0 unspecified atom stereocenters. The number of nitrogens with two attached hydrogens (primary N) is 1. The number of methoxy groups -OCH3 is 1. The van der Waals surface area contributed by atoms with Crippen molar-refractivity contribution in [2.75, 3.05) is 12.8 Å². The highest BCUT2D eigenvalue weighted by molar-refractivity contribution is 5.38. The lowest BCUT2D eigenvalue weighted by molar-refractivity contribution is 0.414. The van der Waals surface area contributed by atoms with Gasteiger partial charge in [0.1, 0.15) is 11.6 Å². The minimum Gasteiger partial charge on any atom is -0.497 e. The fourth-order valence-electron chi connectivity index (χ4n) is 0.779. The maximum absolute atomic E-state index is 5.44. The molecule has 0 amide bonds. The summed E-state index contributed by atoms with van der Waals surface area (Å²) in [7, 11) is 1.61. The topological polar surface area (TPSA) is 48.1 Å². The van der Waals surface area contributed by atoms with Gasteiger partial charge in [0.25, 0.3) is 0 Å². The third-order valence-electron chi connectivity index (χ3n) is 1.18. The number of nitrogen functional groups attached to an aromatic ring is 1. The second-order valence-electron chi connectivity index (χ2n) is 2.07. The number of hydrogen-bond donors (Lipinski definition) is 1. The molecule has 0 aliphatic heterocycles. The van der Waals surface area contributed by atoms with Crippen molar-refractivity contribution in [1.29, 1.82) is 0 Å². The van der Waals surface area contributed by atoms with E-state index < -0.39 is 0 Å². The van der Waals surface area contributed by atoms with Crippen LogP contribution in [0.2, 0.25) is 0 Å². The molecule has 0 atom stereocenters. The summed E-state index contributed by atoms with van der Waals surface area (Å²) in [6.45, 7) is 1.87. The minimum absolute atomic E-state index is 0.497. The van der Waals surface area contributed by atoms with Crippen LogP contribution in [-0.2, 0) is 0 Å². The maximum atomic E-state index is 5.44. The van der Waals surface area contributed by atoms with E-state index in [0.717, 1.165) is 11.4 Å². The molecule has 0 bridgehead atoms. The number of aryl methyl sites for hydroxylation is 1. The highest BCUT2D eigenvalue weighted by Gasteiger charge is 1.94. The fourth-order valence-corrected chi connectivity index (χ4v) is 0.779. The van der Waals surface area contributed by atoms with Crippen LogP contribution in [0, 0.1) is 6.92 Å². The van der Waals surface area contributed by atoms with E-state index in [4.69, 9.17) is 10.5 Å². The summed E-state index contributed by atoms with van der Waals surface area (Å²) in [5.41, 5.74) is 6.32. The summed E-state index contributed by atoms with van der Waals surface area (Å²) in [5.74, 6) is 1.25.